The molecule has 0 unspecified atom stereocenters. The van der Waals surface area contributed by atoms with Gasteiger partial charge < -0.3 is 9.64 Å². The van der Waals surface area contributed by atoms with E-state index in [4.69, 9.17) is 4.74 Å². The molecule has 31 heavy (non-hydrogen) atoms. The molecule has 8 heteroatoms. The summed E-state index contributed by atoms with van der Waals surface area (Å²) in [6.07, 6.45) is 1.38. The number of aryl methyl sites for hydroxylation is 1. The summed E-state index contributed by atoms with van der Waals surface area (Å²) in [5.74, 6) is 0.0914. The van der Waals surface area contributed by atoms with Crippen molar-refractivity contribution in [3.05, 3.63) is 59.2 Å². The number of anilines is 1. The van der Waals surface area contributed by atoms with Crippen LogP contribution in [0.25, 0.3) is 0 Å². The van der Waals surface area contributed by atoms with Crippen molar-refractivity contribution in [1.82, 2.24) is 9.62 Å². The number of carbonyl (C=O) groups is 1. The Morgan fingerprint density at radius 3 is 2.45 bits per heavy atom. The van der Waals surface area contributed by atoms with Crippen LogP contribution in [0.2, 0.25) is 0 Å². The minimum Gasteiger partial charge on any atom is -0.379 e. The van der Waals surface area contributed by atoms with Crippen molar-refractivity contribution in [1.29, 1.82) is 0 Å². The average Bonchev–Trinajstić information content (AvgIpc) is 3.19. The van der Waals surface area contributed by atoms with E-state index >= 15 is 0 Å². The summed E-state index contributed by atoms with van der Waals surface area (Å²) in [7, 11) is -3.67. The maximum absolute atomic E-state index is 12.9. The molecule has 1 N–H and O–H groups in total. The molecule has 2 heterocycles. The molecule has 4 rings (SSSR count). The van der Waals surface area contributed by atoms with E-state index in [1.54, 1.807) is 23.1 Å². The van der Waals surface area contributed by atoms with Crippen LogP contribution in [0.15, 0.2) is 47.4 Å². The molecule has 0 radical (unpaired) electrons. The van der Waals surface area contributed by atoms with Crippen molar-refractivity contribution in [3.63, 3.8) is 0 Å². The molecule has 0 atom stereocenters. The van der Waals surface area contributed by atoms with Crippen LogP contribution in [0.1, 0.15) is 29.5 Å². The van der Waals surface area contributed by atoms with Crippen molar-refractivity contribution in [2.24, 2.45) is 0 Å². The lowest BCUT2D eigenvalue weighted by atomic mass is 10.1. The Bertz CT molecular complexity index is 1050. The molecule has 2 aliphatic heterocycles. The Balaban J connectivity index is 1.46. The van der Waals surface area contributed by atoms with E-state index in [-0.39, 0.29) is 17.3 Å². The Morgan fingerprint density at radius 2 is 1.77 bits per heavy atom. The number of hydrogen-bond donors (Lipinski definition) is 1. The Morgan fingerprint density at radius 1 is 1.03 bits per heavy atom. The van der Waals surface area contributed by atoms with E-state index in [0.29, 0.717) is 13.0 Å². The van der Waals surface area contributed by atoms with Crippen LogP contribution in [-0.4, -0.2) is 52.1 Å². The van der Waals surface area contributed by atoms with Gasteiger partial charge in [0.2, 0.25) is 15.9 Å². The average molecular weight is 444 g/mol. The van der Waals surface area contributed by atoms with Gasteiger partial charge >= 0.3 is 0 Å². The number of rotatable bonds is 7. The molecule has 2 fully saturated rings. The first-order valence-corrected chi connectivity index (χ1v) is 12.2. The van der Waals surface area contributed by atoms with E-state index in [1.807, 2.05) is 31.2 Å². The molecule has 2 aromatic carbocycles. The Kier molecular flexibility index (Phi) is 6.71. The van der Waals surface area contributed by atoms with E-state index < -0.39 is 10.0 Å². The number of amides is 1. The maximum atomic E-state index is 12.9. The quantitative estimate of drug-likeness (QED) is 0.711. The van der Waals surface area contributed by atoms with Gasteiger partial charge in [0.15, 0.2) is 0 Å². The largest absolute Gasteiger partial charge is 0.379 e. The zero-order chi connectivity index (χ0) is 21.8. The number of nitrogens with zero attached hydrogens (tertiary/aromatic N) is 2. The van der Waals surface area contributed by atoms with Crippen molar-refractivity contribution in [3.8, 4) is 0 Å². The highest BCUT2D eigenvalue weighted by Gasteiger charge is 2.24. The monoisotopic (exact) mass is 443 g/mol. The summed E-state index contributed by atoms with van der Waals surface area (Å²) >= 11 is 0. The molecule has 1 amide bonds. The first-order valence-electron chi connectivity index (χ1n) is 10.7. The van der Waals surface area contributed by atoms with Gasteiger partial charge in [-0.05, 0) is 48.2 Å². The second-order valence-electron chi connectivity index (χ2n) is 8.08. The van der Waals surface area contributed by atoms with Gasteiger partial charge in [0.05, 0.1) is 18.1 Å². The second-order valence-corrected chi connectivity index (χ2v) is 9.85. The lowest BCUT2D eigenvalue weighted by Crippen LogP contribution is -2.36. The fourth-order valence-electron chi connectivity index (χ4n) is 4.14. The van der Waals surface area contributed by atoms with Crippen LogP contribution < -0.4 is 9.62 Å². The molecule has 2 aromatic rings. The van der Waals surface area contributed by atoms with E-state index in [1.165, 1.54) is 0 Å². The van der Waals surface area contributed by atoms with Crippen LogP contribution in [-0.2, 0) is 32.6 Å². The number of nitrogens with one attached hydrogen (secondary N) is 1. The minimum absolute atomic E-state index is 0.0914. The van der Waals surface area contributed by atoms with Gasteiger partial charge in [-0.15, -0.1) is 0 Å². The molecule has 0 bridgehead atoms. The third-order valence-corrected chi connectivity index (χ3v) is 7.31. The van der Waals surface area contributed by atoms with Crippen LogP contribution in [0.3, 0.4) is 0 Å². The maximum Gasteiger partial charge on any atom is 0.240 e. The summed E-state index contributed by atoms with van der Waals surface area (Å²) in [4.78, 5) is 16.3. The fraction of sp³-hybridized carbons (Fsp3) is 0.435. The predicted molar refractivity (Wildman–Crippen MR) is 119 cm³/mol. The van der Waals surface area contributed by atoms with Crippen molar-refractivity contribution >= 4 is 21.6 Å². The van der Waals surface area contributed by atoms with Gasteiger partial charge in [-0.2, -0.15) is 0 Å². The molecule has 2 saturated heterocycles. The van der Waals surface area contributed by atoms with E-state index in [0.717, 1.165) is 61.6 Å². The molecule has 7 nitrogen and oxygen atoms in total. The standard InChI is InChI=1S/C23H29N3O4S/c1-18-15-21(8-9-22(18)26-10-4-7-23(26)27)31(28,29)24-16-19-5-2-3-6-20(19)17-25-11-13-30-14-12-25/h2-3,5-6,8-9,15,24H,4,7,10-14,16-17H2,1H3. The topological polar surface area (TPSA) is 79.0 Å². The highest BCUT2D eigenvalue weighted by atomic mass is 32.2. The lowest BCUT2D eigenvalue weighted by molar-refractivity contribution is -0.117. The first kappa shape index (κ1) is 22.0. The van der Waals surface area contributed by atoms with E-state index in [2.05, 4.69) is 9.62 Å². The highest BCUT2D eigenvalue weighted by Crippen LogP contribution is 2.27. The molecule has 0 aliphatic carbocycles. The third-order valence-electron chi connectivity index (χ3n) is 5.91. The van der Waals surface area contributed by atoms with Crippen molar-refractivity contribution in [2.75, 3.05) is 37.7 Å². The molecule has 0 saturated carbocycles. The molecule has 2 aliphatic rings. The summed E-state index contributed by atoms with van der Waals surface area (Å²) in [5.41, 5.74) is 3.66. The number of carbonyl (C=O) groups excluding carboxylic acids is 1. The number of morpholine rings is 1. The highest BCUT2D eigenvalue weighted by molar-refractivity contribution is 7.89. The zero-order valence-corrected chi connectivity index (χ0v) is 18.7. The minimum atomic E-state index is -3.67. The second kappa shape index (κ2) is 9.48. The third kappa shape index (κ3) is 5.15. The summed E-state index contributed by atoms with van der Waals surface area (Å²) < 4.78 is 34.0. The Hall–Kier alpha value is -2.26. The van der Waals surface area contributed by atoms with Crippen LogP contribution in [0.5, 0.6) is 0 Å². The van der Waals surface area contributed by atoms with Gasteiger partial charge in [-0.25, -0.2) is 13.1 Å². The number of sulfonamides is 1. The van der Waals surface area contributed by atoms with Crippen molar-refractivity contribution in [2.45, 2.75) is 37.8 Å². The molecular weight excluding hydrogens is 414 g/mol. The predicted octanol–water partition coefficient (Wildman–Crippen LogP) is 2.43. The summed E-state index contributed by atoms with van der Waals surface area (Å²) in [6.45, 7) is 6.76. The normalized spacial score (nSPS) is 18.0. The van der Waals surface area contributed by atoms with Gasteiger partial charge in [0.25, 0.3) is 0 Å². The lowest BCUT2D eigenvalue weighted by Gasteiger charge is -2.27. The van der Waals surface area contributed by atoms with E-state index in [9.17, 15) is 13.2 Å². The van der Waals surface area contributed by atoms with Crippen LogP contribution in [0.4, 0.5) is 5.69 Å². The smallest absolute Gasteiger partial charge is 0.240 e. The van der Waals surface area contributed by atoms with Gasteiger partial charge in [0.1, 0.15) is 0 Å². The molecular formula is C23H29N3O4S. The van der Waals surface area contributed by atoms with Gasteiger partial charge in [-0.1, -0.05) is 24.3 Å². The Labute approximate surface area is 184 Å². The van der Waals surface area contributed by atoms with Crippen LogP contribution >= 0.6 is 0 Å². The molecule has 0 aromatic heterocycles. The molecule has 166 valence electrons. The first-order chi connectivity index (χ1) is 14.9. The zero-order valence-electron chi connectivity index (χ0n) is 17.8. The fourth-order valence-corrected chi connectivity index (χ4v) is 5.23. The number of benzene rings is 2. The summed E-state index contributed by atoms with van der Waals surface area (Å²) in [6, 6.07) is 12.9. The molecule has 0 spiro atoms. The van der Waals surface area contributed by atoms with Crippen molar-refractivity contribution < 1.29 is 17.9 Å². The SMILES string of the molecule is Cc1cc(S(=O)(=O)NCc2ccccc2CN2CCOCC2)ccc1N1CCCC1=O. The number of ether oxygens (including phenoxy) is 1. The van der Waals surface area contributed by atoms with Crippen LogP contribution in [0, 0.1) is 6.92 Å². The van der Waals surface area contributed by atoms with Gasteiger partial charge in [0, 0.05) is 44.8 Å². The summed E-state index contributed by atoms with van der Waals surface area (Å²) in [5, 5.41) is 0. The van der Waals surface area contributed by atoms with Gasteiger partial charge in [-0.3, -0.25) is 9.69 Å². The number of hydrogen-bond acceptors (Lipinski definition) is 5.